The van der Waals surface area contributed by atoms with Crippen LogP contribution >= 0.6 is 15.9 Å². The Bertz CT molecular complexity index is 1530. The third-order valence-electron chi connectivity index (χ3n) is 6.69. The molecular weight excluding hydrogens is 520 g/mol. The minimum Gasteiger partial charge on any atom is -0.378 e. The molecule has 0 unspecified atom stereocenters. The lowest BCUT2D eigenvalue weighted by atomic mass is 9.78. The molecule has 3 heteroatoms. The molecule has 0 aliphatic rings. The molecular formula is C34H36BrO2. The fourth-order valence-electron chi connectivity index (χ4n) is 4.77. The first-order chi connectivity index (χ1) is 17.1. The van der Waals surface area contributed by atoms with Crippen LogP contribution in [0.5, 0.6) is 5.75 Å². The molecule has 4 aromatic carbocycles. The van der Waals surface area contributed by atoms with E-state index in [1.165, 1.54) is 0 Å². The van der Waals surface area contributed by atoms with E-state index in [0.29, 0.717) is 6.42 Å². The lowest BCUT2D eigenvalue weighted by Crippen LogP contribution is -2.17. The molecule has 191 valence electrons. The molecule has 0 saturated carbocycles. The van der Waals surface area contributed by atoms with Crippen LogP contribution in [0.3, 0.4) is 0 Å². The highest BCUT2D eigenvalue weighted by atomic mass is 79.9. The van der Waals surface area contributed by atoms with E-state index in [1.54, 1.807) is 13.8 Å². The molecule has 0 aliphatic carbocycles. The maximum Gasteiger partial charge on any atom is 0.186 e. The van der Waals surface area contributed by atoms with Gasteiger partial charge in [0.05, 0.1) is 0 Å². The largest absolute Gasteiger partial charge is 0.378 e. The van der Waals surface area contributed by atoms with Gasteiger partial charge in [-0.15, -0.1) is 0 Å². The zero-order valence-electron chi connectivity index (χ0n) is 23.1. The SMILES string of the molecule is CC(C)(O)C#Cc1c2ccccc2c(Br)c2ccc(Cc3cc(C(C)(C)C)c([O])c(C(C)(C)C)c3)cc12. The fraction of sp³-hybridized carbons (Fsp3) is 0.353. The van der Waals surface area contributed by atoms with Crippen LogP contribution in [0.2, 0.25) is 0 Å². The molecule has 0 aliphatic heterocycles. The molecule has 2 nitrogen and oxygen atoms in total. The number of fused-ring (bicyclic) bond motifs is 2. The molecule has 4 rings (SSSR count). The maximum atomic E-state index is 13.4. The molecule has 0 aromatic heterocycles. The van der Waals surface area contributed by atoms with E-state index in [4.69, 9.17) is 0 Å². The lowest BCUT2D eigenvalue weighted by molar-refractivity contribution is 0.143. The van der Waals surface area contributed by atoms with Crippen LogP contribution in [0.4, 0.5) is 0 Å². The minimum absolute atomic E-state index is 0.154. The van der Waals surface area contributed by atoms with E-state index in [-0.39, 0.29) is 16.6 Å². The quantitative estimate of drug-likeness (QED) is 0.194. The van der Waals surface area contributed by atoms with Gasteiger partial charge in [0.25, 0.3) is 0 Å². The van der Waals surface area contributed by atoms with Crippen LogP contribution in [0.1, 0.15) is 83.2 Å². The Morgan fingerprint density at radius 3 is 1.81 bits per heavy atom. The van der Waals surface area contributed by atoms with Gasteiger partial charge >= 0.3 is 0 Å². The van der Waals surface area contributed by atoms with Crippen molar-refractivity contribution in [3.63, 3.8) is 0 Å². The zero-order valence-corrected chi connectivity index (χ0v) is 24.7. The van der Waals surface area contributed by atoms with Gasteiger partial charge in [-0.1, -0.05) is 102 Å². The van der Waals surface area contributed by atoms with Crippen molar-refractivity contribution in [2.24, 2.45) is 0 Å². The van der Waals surface area contributed by atoms with Crippen molar-refractivity contribution in [3.05, 3.63) is 86.9 Å². The van der Waals surface area contributed by atoms with Crippen molar-refractivity contribution in [1.82, 2.24) is 0 Å². The van der Waals surface area contributed by atoms with E-state index >= 15 is 0 Å². The predicted molar refractivity (Wildman–Crippen MR) is 159 cm³/mol. The van der Waals surface area contributed by atoms with Crippen molar-refractivity contribution in [2.45, 2.75) is 78.2 Å². The third kappa shape index (κ3) is 5.71. The van der Waals surface area contributed by atoms with Gasteiger partial charge in [-0.2, -0.15) is 0 Å². The highest BCUT2D eigenvalue weighted by Gasteiger charge is 2.28. The fourth-order valence-corrected chi connectivity index (χ4v) is 5.46. The maximum absolute atomic E-state index is 13.4. The summed E-state index contributed by atoms with van der Waals surface area (Å²) in [4.78, 5) is 0. The normalized spacial score (nSPS) is 12.6. The van der Waals surface area contributed by atoms with E-state index < -0.39 is 5.60 Å². The Morgan fingerprint density at radius 2 is 1.27 bits per heavy atom. The topological polar surface area (TPSA) is 40.1 Å². The van der Waals surface area contributed by atoms with Crippen LogP contribution in [0, 0.1) is 11.8 Å². The van der Waals surface area contributed by atoms with Crippen molar-refractivity contribution < 1.29 is 10.2 Å². The number of rotatable bonds is 2. The Kier molecular flexibility index (Phi) is 6.99. The summed E-state index contributed by atoms with van der Waals surface area (Å²) in [6.45, 7) is 16.0. The first kappa shape index (κ1) is 27.2. The van der Waals surface area contributed by atoms with Crippen LogP contribution < -0.4 is 0 Å². The van der Waals surface area contributed by atoms with Gasteiger partial charge in [-0.25, -0.2) is 0 Å². The van der Waals surface area contributed by atoms with Gasteiger partial charge in [0.1, 0.15) is 5.60 Å². The zero-order chi connectivity index (χ0) is 27.3. The highest BCUT2D eigenvalue weighted by Crippen LogP contribution is 2.41. The van der Waals surface area contributed by atoms with Gasteiger partial charge in [0.2, 0.25) is 0 Å². The average molecular weight is 557 g/mol. The first-order valence-electron chi connectivity index (χ1n) is 12.8. The molecule has 0 heterocycles. The number of hydrogen-bond acceptors (Lipinski definition) is 1. The van der Waals surface area contributed by atoms with Crippen molar-refractivity contribution in [1.29, 1.82) is 0 Å². The van der Waals surface area contributed by atoms with Crippen LogP contribution in [-0.2, 0) is 22.4 Å². The monoisotopic (exact) mass is 555 g/mol. The molecule has 37 heavy (non-hydrogen) atoms. The second-order valence-corrected chi connectivity index (χ2v) is 13.4. The van der Waals surface area contributed by atoms with Crippen molar-refractivity contribution in [3.8, 4) is 17.6 Å². The number of benzene rings is 4. The van der Waals surface area contributed by atoms with Gasteiger partial charge in [0, 0.05) is 21.2 Å². The summed E-state index contributed by atoms with van der Waals surface area (Å²) in [6, 6.07) is 18.9. The Labute approximate surface area is 229 Å². The van der Waals surface area contributed by atoms with E-state index in [1.807, 2.05) is 12.1 Å². The van der Waals surface area contributed by atoms with E-state index in [2.05, 4.69) is 112 Å². The Hall–Kier alpha value is -2.80. The van der Waals surface area contributed by atoms with Crippen LogP contribution in [0.25, 0.3) is 21.5 Å². The van der Waals surface area contributed by atoms with Crippen molar-refractivity contribution >= 4 is 37.5 Å². The number of aliphatic hydroxyl groups is 1. The second-order valence-electron chi connectivity index (χ2n) is 12.6. The van der Waals surface area contributed by atoms with Gasteiger partial charge < -0.3 is 5.11 Å². The van der Waals surface area contributed by atoms with Crippen LogP contribution in [-0.4, -0.2) is 10.7 Å². The summed E-state index contributed by atoms with van der Waals surface area (Å²) >= 11 is 3.84. The number of hydrogen-bond donors (Lipinski definition) is 1. The first-order valence-corrected chi connectivity index (χ1v) is 13.6. The lowest BCUT2D eigenvalue weighted by Gasteiger charge is -2.27. The van der Waals surface area contributed by atoms with Gasteiger partial charge in [-0.05, 0) is 85.8 Å². The Morgan fingerprint density at radius 1 is 0.730 bits per heavy atom. The molecule has 0 atom stereocenters. The predicted octanol–water partition coefficient (Wildman–Crippen LogP) is 9.21. The minimum atomic E-state index is -1.09. The van der Waals surface area contributed by atoms with E-state index in [0.717, 1.165) is 53.8 Å². The third-order valence-corrected chi connectivity index (χ3v) is 7.54. The smallest absolute Gasteiger partial charge is 0.186 e. The highest BCUT2D eigenvalue weighted by molar-refractivity contribution is 9.10. The van der Waals surface area contributed by atoms with Gasteiger partial charge in [0.15, 0.2) is 5.75 Å². The molecule has 1 radical (unpaired) electrons. The molecule has 0 spiro atoms. The molecule has 0 bridgehead atoms. The number of halogens is 1. The molecule has 0 saturated heterocycles. The van der Waals surface area contributed by atoms with Gasteiger partial charge in [-0.3, -0.25) is 5.11 Å². The summed E-state index contributed by atoms with van der Waals surface area (Å²) in [6.07, 6.45) is 0.713. The second kappa shape index (κ2) is 9.50. The molecule has 0 fully saturated rings. The average Bonchev–Trinajstić information content (AvgIpc) is 2.78. The summed E-state index contributed by atoms with van der Waals surface area (Å²) in [5.74, 6) is 6.47. The summed E-state index contributed by atoms with van der Waals surface area (Å²) in [7, 11) is 0. The standard InChI is InChI=1S/C34H36BrO2/c1-32(2,3)28-19-22(20-29(31(28)36)33(4,5)6)17-21-13-14-26-27(18-21)24(15-16-34(7,8)37)23-11-9-10-12-25(23)30(26)35/h9-14,18-20,37H,17H2,1-8H3. The molecule has 4 aromatic rings. The molecule has 1 N–H and O–H groups in total. The van der Waals surface area contributed by atoms with Crippen LogP contribution in [0.15, 0.2) is 59.1 Å². The Balaban J connectivity index is 1.94. The summed E-state index contributed by atoms with van der Waals surface area (Å²) < 4.78 is 1.04. The van der Waals surface area contributed by atoms with E-state index in [9.17, 15) is 10.2 Å². The summed E-state index contributed by atoms with van der Waals surface area (Å²) in [5.41, 5.74) is 3.36. The summed E-state index contributed by atoms with van der Waals surface area (Å²) in [5, 5.41) is 28.0. The molecule has 0 amide bonds. The van der Waals surface area contributed by atoms with Crippen molar-refractivity contribution in [2.75, 3.05) is 0 Å².